The number of nitrogens with one attached hydrogen (secondary N) is 1. The van der Waals surface area contributed by atoms with E-state index in [2.05, 4.69) is 5.32 Å². The third kappa shape index (κ3) is 3.73. The summed E-state index contributed by atoms with van der Waals surface area (Å²) in [4.78, 5) is 11.8. The SMILES string of the molecule is CC(NC(=O)CC(N)C1CC1)c1ccc(F)c(F)c1. The highest BCUT2D eigenvalue weighted by Gasteiger charge is 2.30. The van der Waals surface area contributed by atoms with Gasteiger partial charge in [0.2, 0.25) is 5.91 Å². The zero-order valence-corrected chi connectivity index (χ0v) is 10.8. The minimum atomic E-state index is -0.909. The number of halogens is 2. The first kappa shape index (κ1) is 13.9. The Morgan fingerprint density at radius 3 is 2.68 bits per heavy atom. The Morgan fingerprint density at radius 2 is 2.11 bits per heavy atom. The second-order valence-corrected chi connectivity index (χ2v) is 5.17. The van der Waals surface area contributed by atoms with Crippen LogP contribution in [-0.4, -0.2) is 11.9 Å². The molecule has 3 nitrogen and oxygen atoms in total. The minimum absolute atomic E-state index is 0.0999. The third-order valence-corrected chi connectivity index (χ3v) is 3.47. The molecular weight excluding hydrogens is 250 g/mol. The molecule has 0 heterocycles. The Bertz CT molecular complexity index is 475. The molecule has 0 radical (unpaired) electrons. The monoisotopic (exact) mass is 268 g/mol. The third-order valence-electron chi connectivity index (χ3n) is 3.47. The maximum atomic E-state index is 13.1. The van der Waals surface area contributed by atoms with Crippen LogP contribution in [0, 0.1) is 17.6 Å². The number of benzene rings is 1. The molecule has 2 unspecified atom stereocenters. The Labute approximate surface area is 111 Å². The molecule has 104 valence electrons. The van der Waals surface area contributed by atoms with Crippen molar-refractivity contribution in [2.45, 2.75) is 38.3 Å². The van der Waals surface area contributed by atoms with Crippen molar-refractivity contribution < 1.29 is 13.6 Å². The summed E-state index contributed by atoms with van der Waals surface area (Å²) >= 11 is 0. The summed E-state index contributed by atoms with van der Waals surface area (Å²) in [5.74, 6) is -1.49. The molecule has 1 aromatic carbocycles. The number of rotatable bonds is 5. The quantitative estimate of drug-likeness (QED) is 0.860. The van der Waals surface area contributed by atoms with E-state index in [1.54, 1.807) is 6.92 Å². The minimum Gasteiger partial charge on any atom is -0.350 e. The number of carbonyl (C=O) groups excluding carboxylic acids is 1. The summed E-state index contributed by atoms with van der Waals surface area (Å²) in [7, 11) is 0. The number of hydrogen-bond donors (Lipinski definition) is 2. The van der Waals surface area contributed by atoms with Crippen molar-refractivity contribution in [3.05, 3.63) is 35.4 Å². The smallest absolute Gasteiger partial charge is 0.222 e. The van der Waals surface area contributed by atoms with Crippen LogP contribution in [0.3, 0.4) is 0 Å². The lowest BCUT2D eigenvalue weighted by Gasteiger charge is -2.16. The van der Waals surface area contributed by atoms with Gasteiger partial charge in [0.1, 0.15) is 0 Å². The number of amides is 1. The van der Waals surface area contributed by atoms with Gasteiger partial charge in [-0.15, -0.1) is 0 Å². The van der Waals surface area contributed by atoms with Gasteiger partial charge in [0.25, 0.3) is 0 Å². The maximum absolute atomic E-state index is 13.1. The fourth-order valence-corrected chi connectivity index (χ4v) is 2.07. The molecule has 1 aliphatic rings. The summed E-state index contributed by atoms with van der Waals surface area (Å²) < 4.78 is 25.9. The van der Waals surface area contributed by atoms with Crippen LogP contribution in [0.15, 0.2) is 18.2 Å². The van der Waals surface area contributed by atoms with Crippen LogP contribution in [0.25, 0.3) is 0 Å². The Morgan fingerprint density at radius 1 is 1.42 bits per heavy atom. The van der Waals surface area contributed by atoms with E-state index in [0.29, 0.717) is 11.5 Å². The van der Waals surface area contributed by atoms with Crippen LogP contribution in [0.4, 0.5) is 8.78 Å². The predicted molar refractivity (Wildman–Crippen MR) is 68.2 cm³/mol. The Kier molecular flexibility index (Phi) is 4.14. The summed E-state index contributed by atoms with van der Waals surface area (Å²) in [5.41, 5.74) is 6.40. The highest BCUT2D eigenvalue weighted by Crippen LogP contribution is 2.32. The summed E-state index contributed by atoms with van der Waals surface area (Å²) in [6.07, 6.45) is 2.46. The van der Waals surface area contributed by atoms with Crippen molar-refractivity contribution in [2.24, 2.45) is 11.7 Å². The molecule has 2 rings (SSSR count). The highest BCUT2D eigenvalue weighted by molar-refractivity contribution is 5.77. The Hall–Kier alpha value is -1.49. The lowest BCUT2D eigenvalue weighted by Crippen LogP contribution is -2.34. The summed E-state index contributed by atoms with van der Waals surface area (Å²) in [5, 5.41) is 2.75. The van der Waals surface area contributed by atoms with E-state index in [1.165, 1.54) is 6.07 Å². The molecule has 3 N–H and O–H groups in total. The van der Waals surface area contributed by atoms with Crippen molar-refractivity contribution >= 4 is 5.91 Å². The van der Waals surface area contributed by atoms with Gasteiger partial charge in [0.15, 0.2) is 11.6 Å². The average Bonchev–Trinajstić information content (AvgIpc) is 3.16. The topological polar surface area (TPSA) is 55.1 Å². The average molecular weight is 268 g/mol. The van der Waals surface area contributed by atoms with Gasteiger partial charge in [-0.1, -0.05) is 6.07 Å². The van der Waals surface area contributed by atoms with Gasteiger partial charge in [-0.25, -0.2) is 8.78 Å². The van der Waals surface area contributed by atoms with Crippen LogP contribution in [-0.2, 0) is 4.79 Å². The second kappa shape index (κ2) is 5.65. The largest absolute Gasteiger partial charge is 0.350 e. The van der Waals surface area contributed by atoms with Gasteiger partial charge < -0.3 is 11.1 Å². The number of nitrogens with two attached hydrogens (primary N) is 1. The highest BCUT2D eigenvalue weighted by atomic mass is 19.2. The number of carbonyl (C=O) groups is 1. The van der Waals surface area contributed by atoms with Crippen LogP contribution in [0.5, 0.6) is 0 Å². The van der Waals surface area contributed by atoms with E-state index >= 15 is 0 Å². The molecule has 0 bridgehead atoms. The van der Waals surface area contributed by atoms with Crippen LogP contribution >= 0.6 is 0 Å². The van der Waals surface area contributed by atoms with Gasteiger partial charge >= 0.3 is 0 Å². The molecule has 0 saturated heterocycles. The van der Waals surface area contributed by atoms with Crippen molar-refractivity contribution in [3.63, 3.8) is 0 Å². The van der Waals surface area contributed by atoms with Gasteiger partial charge in [-0.05, 0) is 43.4 Å². The van der Waals surface area contributed by atoms with Crippen molar-refractivity contribution in [1.29, 1.82) is 0 Å². The van der Waals surface area contributed by atoms with Gasteiger partial charge in [0.05, 0.1) is 6.04 Å². The van der Waals surface area contributed by atoms with Crippen molar-refractivity contribution in [1.82, 2.24) is 5.32 Å². The fraction of sp³-hybridized carbons (Fsp3) is 0.500. The predicted octanol–water partition coefficient (Wildman–Crippen LogP) is 2.27. The zero-order valence-electron chi connectivity index (χ0n) is 10.8. The molecule has 1 aliphatic carbocycles. The van der Waals surface area contributed by atoms with Crippen LogP contribution in [0.1, 0.15) is 37.8 Å². The second-order valence-electron chi connectivity index (χ2n) is 5.17. The van der Waals surface area contributed by atoms with Gasteiger partial charge in [-0.3, -0.25) is 4.79 Å². The lowest BCUT2D eigenvalue weighted by atomic mass is 10.1. The molecule has 1 amide bonds. The van der Waals surface area contributed by atoms with E-state index in [0.717, 1.165) is 25.0 Å². The molecular formula is C14H18F2N2O. The molecule has 19 heavy (non-hydrogen) atoms. The van der Waals surface area contributed by atoms with Gasteiger partial charge in [0, 0.05) is 12.5 Å². The molecule has 2 atom stereocenters. The standard InChI is InChI=1S/C14H18F2N2O/c1-8(10-4-5-11(15)12(16)6-10)18-14(19)7-13(17)9-2-3-9/h4-6,8-9,13H,2-3,7,17H2,1H3,(H,18,19). The van der Waals surface area contributed by atoms with E-state index in [1.807, 2.05) is 0 Å². The first-order valence-electron chi connectivity index (χ1n) is 6.47. The summed E-state index contributed by atoms with van der Waals surface area (Å²) in [6, 6.07) is 3.15. The maximum Gasteiger partial charge on any atom is 0.222 e. The van der Waals surface area contributed by atoms with E-state index in [9.17, 15) is 13.6 Å². The summed E-state index contributed by atoms with van der Waals surface area (Å²) in [6.45, 7) is 1.73. The van der Waals surface area contributed by atoms with E-state index in [-0.39, 0.29) is 24.4 Å². The molecule has 0 aliphatic heterocycles. The zero-order chi connectivity index (χ0) is 14.0. The molecule has 5 heteroatoms. The molecule has 1 aromatic rings. The molecule has 1 saturated carbocycles. The normalized spacial score (nSPS) is 17.9. The van der Waals surface area contributed by atoms with Crippen molar-refractivity contribution in [3.8, 4) is 0 Å². The molecule has 1 fully saturated rings. The number of hydrogen-bond acceptors (Lipinski definition) is 2. The van der Waals surface area contributed by atoms with E-state index in [4.69, 9.17) is 5.73 Å². The lowest BCUT2D eigenvalue weighted by molar-refractivity contribution is -0.122. The molecule has 0 aromatic heterocycles. The van der Waals surface area contributed by atoms with Gasteiger partial charge in [-0.2, -0.15) is 0 Å². The van der Waals surface area contributed by atoms with E-state index < -0.39 is 11.6 Å². The first-order valence-corrected chi connectivity index (χ1v) is 6.47. The fourth-order valence-electron chi connectivity index (χ4n) is 2.07. The van der Waals surface area contributed by atoms with Crippen molar-refractivity contribution in [2.75, 3.05) is 0 Å². The van der Waals surface area contributed by atoms with Crippen LogP contribution < -0.4 is 11.1 Å². The van der Waals surface area contributed by atoms with Crippen LogP contribution in [0.2, 0.25) is 0 Å². The molecule has 0 spiro atoms. The first-order chi connectivity index (χ1) is 8.97. The Balaban J connectivity index is 1.90.